The van der Waals surface area contributed by atoms with Gasteiger partial charge < -0.3 is 4.90 Å². The standard InChI is InChI=1S/C12H15ClN6O/c1-17-12(20)11(13)10(8-15-17)18-5-2-9(3-6-18)19-7-4-14-16-19/h4,7-9H,2-3,5-6H2,1H3. The lowest BCUT2D eigenvalue weighted by Crippen LogP contribution is -2.36. The average molecular weight is 295 g/mol. The summed E-state index contributed by atoms with van der Waals surface area (Å²) in [6, 6.07) is 0.354. The van der Waals surface area contributed by atoms with Crippen molar-refractivity contribution in [1.29, 1.82) is 0 Å². The van der Waals surface area contributed by atoms with Crippen LogP contribution < -0.4 is 10.5 Å². The molecule has 0 spiro atoms. The van der Waals surface area contributed by atoms with Crippen molar-refractivity contribution >= 4 is 17.3 Å². The summed E-state index contributed by atoms with van der Waals surface area (Å²) >= 11 is 6.13. The van der Waals surface area contributed by atoms with Crippen molar-refractivity contribution in [2.45, 2.75) is 18.9 Å². The van der Waals surface area contributed by atoms with Crippen molar-refractivity contribution in [3.63, 3.8) is 0 Å². The number of rotatable bonds is 2. The molecule has 106 valence electrons. The van der Waals surface area contributed by atoms with E-state index in [0.717, 1.165) is 25.9 Å². The summed E-state index contributed by atoms with van der Waals surface area (Å²) in [5.74, 6) is 0. The minimum absolute atomic E-state index is 0.238. The molecule has 1 saturated heterocycles. The first kappa shape index (κ1) is 13.1. The molecule has 0 atom stereocenters. The molecule has 0 aliphatic carbocycles. The number of nitrogens with zero attached hydrogens (tertiary/aromatic N) is 6. The van der Waals surface area contributed by atoms with Crippen molar-refractivity contribution in [2.24, 2.45) is 7.05 Å². The summed E-state index contributed by atoms with van der Waals surface area (Å²) in [5, 5.41) is 12.1. The van der Waals surface area contributed by atoms with Crippen LogP contribution in [0.5, 0.6) is 0 Å². The smallest absolute Gasteiger partial charge is 0.287 e. The molecule has 7 nitrogen and oxygen atoms in total. The molecule has 1 fully saturated rings. The van der Waals surface area contributed by atoms with Crippen LogP contribution in [-0.4, -0.2) is 37.9 Å². The van der Waals surface area contributed by atoms with Crippen LogP contribution in [0.4, 0.5) is 5.69 Å². The maximum atomic E-state index is 11.8. The van der Waals surface area contributed by atoms with Gasteiger partial charge in [-0.1, -0.05) is 16.8 Å². The van der Waals surface area contributed by atoms with E-state index in [-0.39, 0.29) is 10.6 Å². The molecule has 1 aliphatic heterocycles. The molecule has 3 heterocycles. The van der Waals surface area contributed by atoms with Crippen LogP contribution in [-0.2, 0) is 7.05 Å². The van der Waals surface area contributed by atoms with Gasteiger partial charge >= 0.3 is 0 Å². The first-order valence-electron chi connectivity index (χ1n) is 6.49. The Morgan fingerprint density at radius 1 is 1.35 bits per heavy atom. The van der Waals surface area contributed by atoms with Crippen molar-refractivity contribution in [1.82, 2.24) is 24.8 Å². The van der Waals surface area contributed by atoms with E-state index < -0.39 is 0 Å². The maximum Gasteiger partial charge on any atom is 0.287 e. The first-order valence-corrected chi connectivity index (χ1v) is 6.87. The summed E-state index contributed by atoms with van der Waals surface area (Å²) in [7, 11) is 1.59. The van der Waals surface area contributed by atoms with Crippen LogP contribution in [0.3, 0.4) is 0 Å². The lowest BCUT2D eigenvalue weighted by molar-refractivity contribution is 0.360. The van der Waals surface area contributed by atoms with Gasteiger partial charge in [-0.25, -0.2) is 9.36 Å². The van der Waals surface area contributed by atoms with Gasteiger partial charge in [0.1, 0.15) is 5.02 Å². The molecule has 0 unspecified atom stereocenters. The molecule has 8 heteroatoms. The van der Waals surface area contributed by atoms with Crippen LogP contribution in [0.25, 0.3) is 0 Å². The Balaban J connectivity index is 1.76. The molecular formula is C12H15ClN6O. The Labute approximate surface area is 120 Å². The summed E-state index contributed by atoms with van der Waals surface area (Å²) in [5.41, 5.74) is 0.453. The molecule has 2 aromatic rings. The minimum Gasteiger partial charge on any atom is -0.369 e. The van der Waals surface area contributed by atoms with E-state index in [0.29, 0.717) is 11.7 Å². The van der Waals surface area contributed by atoms with E-state index in [1.807, 2.05) is 10.9 Å². The lowest BCUT2D eigenvalue weighted by atomic mass is 10.1. The molecule has 2 aromatic heterocycles. The Bertz CT molecular complexity index is 644. The van der Waals surface area contributed by atoms with Gasteiger partial charge in [-0.05, 0) is 12.8 Å². The van der Waals surface area contributed by atoms with Crippen LogP contribution in [0.1, 0.15) is 18.9 Å². The van der Waals surface area contributed by atoms with Gasteiger partial charge in [-0.2, -0.15) is 5.10 Å². The van der Waals surface area contributed by atoms with Gasteiger partial charge in [-0.15, -0.1) is 5.10 Å². The molecule has 20 heavy (non-hydrogen) atoms. The Kier molecular flexibility index (Phi) is 3.43. The Morgan fingerprint density at radius 2 is 2.10 bits per heavy atom. The van der Waals surface area contributed by atoms with E-state index in [1.165, 1.54) is 4.68 Å². The molecule has 0 bridgehead atoms. The highest BCUT2D eigenvalue weighted by atomic mass is 35.5. The van der Waals surface area contributed by atoms with E-state index in [9.17, 15) is 4.79 Å². The monoisotopic (exact) mass is 294 g/mol. The van der Waals surface area contributed by atoms with Gasteiger partial charge in [0.25, 0.3) is 5.56 Å². The second kappa shape index (κ2) is 5.24. The summed E-state index contributed by atoms with van der Waals surface area (Å²) in [4.78, 5) is 13.9. The molecule has 0 saturated carbocycles. The first-order chi connectivity index (χ1) is 9.66. The topological polar surface area (TPSA) is 68.8 Å². The highest BCUT2D eigenvalue weighted by Gasteiger charge is 2.23. The fourth-order valence-electron chi connectivity index (χ4n) is 2.51. The number of piperidine rings is 1. The minimum atomic E-state index is -0.262. The predicted octanol–water partition coefficient (Wildman–Crippen LogP) is 0.867. The van der Waals surface area contributed by atoms with Gasteiger partial charge in [0.05, 0.1) is 24.1 Å². The third-order valence-corrected chi connectivity index (χ3v) is 4.04. The van der Waals surface area contributed by atoms with Crippen molar-refractivity contribution < 1.29 is 0 Å². The SMILES string of the molecule is Cn1ncc(N2CCC(n3ccnn3)CC2)c(Cl)c1=O. The maximum absolute atomic E-state index is 11.8. The summed E-state index contributed by atoms with van der Waals surface area (Å²) < 4.78 is 3.13. The Morgan fingerprint density at radius 3 is 2.75 bits per heavy atom. The number of anilines is 1. The lowest BCUT2D eigenvalue weighted by Gasteiger charge is -2.33. The van der Waals surface area contributed by atoms with E-state index in [1.54, 1.807) is 19.4 Å². The molecule has 0 aromatic carbocycles. The molecular weight excluding hydrogens is 280 g/mol. The second-order valence-corrected chi connectivity index (χ2v) is 5.25. The van der Waals surface area contributed by atoms with Gasteiger partial charge in [0.15, 0.2) is 0 Å². The predicted molar refractivity (Wildman–Crippen MR) is 75.0 cm³/mol. The number of aromatic nitrogens is 5. The zero-order valence-corrected chi connectivity index (χ0v) is 11.9. The zero-order chi connectivity index (χ0) is 14.1. The van der Waals surface area contributed by atoms with Gasteiger partial charge in [-0.3, -0.25) is 4.79 Å². The van der Waals surface area contributed by atoms with E-state index >= 15 is 0 Å². The van der Waals surface area contributed by atoms with Gasteiger partial charge in [0, 0.05) is 26.3 Å². The summed E-state index contributed by atoms with van der Waals surface area (Å²) in [6.45, 7) is 1.64. The largest absolute Gasteiger partial charge is 0.369 e. The van der Waals surface area contributed by atoms with Crippen molar-refractivity contribution in [3.8, 4) is 0 Å². The van der Waals surface area contributed by atoms with Crippen LogP contribution in [0.2, 0.25) is 5.02 Å². The normalized spacial score (nSPS) is 16.6. The average Bonchev–Trinajstić information content (AvgIpc) is 3.00. The number of halogens is 1. The van der Waals surface area contributed by atoms with Crippen molar-refractivity contribution in [3.05, 3.63) is 34.0 Å². The number of hydrogen-bond donors (Lipinski definition) is 0. The van der Waals surface area contributed by atoms with E-state index in [2.05, 4.69) is 20.3 Å². The van der Waals surface area contributed by atoms with Crippen LogP contribution >= 0.6 is 11.6 Å². The quantitative estimate of drug-likeness (QED) is 0.822. The fraction of sp³-hybridized carbons (Fsp3) is 0.500. The zero-order valence-electron chi connectivity index (χ0n) is 11.1. The third kappa shape index (κ3) is 2.29. The molecule has 0 N–H and O–H groups in total. The van der Waals surface area contributed by atoms with E-state index in [4.69, 9.17) is 11.6 Å². The van der Waals surface area contributed by atoms with Crippen LogP contribution in [0, 0.1) is 0 Å². The highest BCUT2D eigenvalue weighted by molar-refractivity contribution is 6.33. The fourth-order valence-corrected chi connectivity index (χ4v) is 2.80. The van der Waals surface area contributed by atoms with Crippen LogP contribution in [0.15, 0.2) is 23.4 Å². The number of aryl methyl sites for hydroxylation is 1. The number of hydrogen-bond acceptors (Lipinski definition) is 5. The van der Waals surface area contributed by atoms with Gasteiger partial charge in [0.2, 0.25) is 0 Å². The second-order valence-electron chi connectivity index (χ2n) is 4.87. The van der Waals surface area contributed by atoms with Crippen molar-refractivity contribution in [2.75, 3.05) is 18.0 Å². The Hall–Kier alpha value is -1.89. The molecule has 3 rings (SSSR count). The third-order valence-electron chi connectivity index (χ3n) is 3.68. The molecule has 0 radical (unpaired) electrons. The summed E-state index contributed by atoms with van der Waals surface area (Å²) in [6.07, 6.45) is 7.10. The molecule has 0 amide bonds. The molecule has 1 aliphatic rings. The highest BCUT2D eigenvalue weighted by Crippen LogP contribution is 2.28.